The molecule has 0 aliphatic carbocycles. The van der Waals surface area contributed by atoms with E-state index in [0.717, 1.165) is 23.8 Å². The molecule has 0 aliphatic heterocycles. The lowest BCUT2D eigenvalue weighted by molar-refractivity contribution is 0.300. The normalized spacial score (nSPS) is 10.6. The summed E-state index contributed by atoms with van der Waals surface area (Å²) in [6.07, 6.45) is 3.46. The fraction of sp³-hybridized carbons (Fsp3) is 0.375. The molecule has 1 aromatic carbocycles. The van der Waals surface area contributed by atoms with E-state index in [2.05, 4.69) is 41.3 Å². The van der Waals surface area contributed by atoms with Gasteiger partial charge in [0.1, 0.15) is 18.2 Å². The number of nitrogens with one attached hydrogen (secondary N) is 1. The molecular formula is C16H21N3O. The summed E-state index contributed by atoms with van der Waals surface area (Å²) in [5, 5.41) is 3.11. The first-order valence-electron chi connectivity index (χ1n) is 6.96. The van der Waals surface area contributed by atoms with Crippen LogP contribution >= 0.6 is 0 Å². The third-order valence-corrected chi connectivity index (χ3v) is 3.00. The SMILES string of the molecule is CCNc1cnc(COc2ccc(C(C)C)cc2)cn1. The van der Waals surface area contributed by atoms with Gasteiger partial charge in [-0.3, -0.25) is 4.98 Å². The summed E-state index contributed by atoms with van der Waals surface area (Å²) in [6.45, 7) is 7.65. The molecule has 0 bridgehead atoms. The molecule has 2 rings (SSSR count). The first-order valence-corrected chi connectivity index (χ1v) is 6.96. The van der Waals surface area contributed by atoms with Crippen LogP contribution in [-0.2, 0) is 6.61 Å². The van der Waals surface area contributed by atoms with Crippen LogP contribution in [0.4, 0.5) is 5.82 Å². The molecule has 4 heteroatoms. The van der Waals surface area contributed by atoms with Crippen molar-refractivity contribution in [2.24, 2.45) is 0 Å². The topological polar surface area (TPSA) is 47.0 Å². The lowest BCUT2D eigenvalue weighted by Gasteiger charge is -2.09. The van der Waals surface area contributed by atoms with E-state index >= 15 is 0 Å². The average Bonchev–Trinajstić information content (AvgIpc) is 2.47. The molecule has 1 heterocycles. The molecule has 0 radical (unpaired) electrons. The molecule has 20 heavy (non-hydrogen) atoms. The summed E-state index contributed by atoms with van der Waals surface area (Å²) in [6, 6.07) is 8.19. The number of hydrogen-bond donors (Lipinski definition) is 1. The van der Waals surface area contributed by atoms with Crippen LogP contribution in [0, 0.1) is 0 Å². The second-order valence-electron chi connectivity index (χ2n) is 4.94. The van der Waals surface area contributed by atoms with Crippen molar-refractivity contribution in [3.05, 3.63) is 47.9 Å². The van der Waals surface area contributed by atoms with E-state index in [-0.39, 0.29) is 0 Å². The van der Waals surface area contributed by atoms with Crippen LogP contribution in [0.25, 0.3) is 0 Å². The zero-order valence-corrected chi connectivity index (χ0v) is 12.3. The van der Waals surface area contributed by atoms with Crippen molar-refractivity contribution in [1.29, 1.82) is 0 Å². The first-order chi connectivity index (χ1) is 9.69. The molecule has 1 N–H and O–H groups in total. The highest BCUT2D eigenvalue weighted by Crippen LogP contribution is 2.19. The van der Waals surface area contributed by atoms with Crippen molar-refractivity contribution in [1.82, 2.24) is 9.97 Å². The van der Waals surface area contributed by atoms with Crippen LogP contribution in [0.15, 0.2) is 36.7 Å². The van der Waals surface area contributed by atoms with Crippen LogP contribution in [0.5, 0.6) is 5.75 Å². The first kappa shape index (κ1) is 14.3. The van der Waals surface area contributed by atoms with E-state index in [1.165, 1.54) is 5.56 Å². The lowest BCUT2D eigenvalue weighted by Crippen LogP contribution is -2.03. The average molecular weight is 271 g/mol. The maximum absolute atomic E-state index is 5.70. The molecule has 0 aliphatic rings. The van der Waals surface area contributed by atoms with E-state index in [0.29, 0.717) is 12.5 Å². The minimum absolute atomic E-state index is 0.431. The third-order valence-electron chi connectivity index (χ3n) is 3.00. The van der Waals surface area contributed by atoms with Gasteiger partial charge in [-0.05, 0) is 30.5 Å². The Morgan fingerprint density at radius 2 is 1.85 bits per heavy atom. The molecule has 106 valence electrons. The highest BCUT2D eigenvalue weighted by Gasteiger charge is 2.01. The number of ether oxygens (including phenoxy) is 1. The Kier molecular flexibility index (Phi) is 4.93. The highest BCUT2D eigenvalue weighted by atomic mass is 16.5. The van der Waals surface area contributed by atoms with Crippen LogP contribution in [0.2, 0.25) is 0 Å². The van der Waals surface area contributed by atoms with Gasteiger partial charge >= 0.3 is 0 Å². The molecule has 1 aromatic heterocycles. The van der Waals surface area contributed by atoms with E-state index in [4.69, 9.17) is 4.74 Å². The fourth-order valence-corrected chi connectivity index (χ4v) is 1.81. The molecule has 0 saturated heterocycles. The van der Waals surface area contributed by atoms with Crippen LogP contribution < -0.4 is 10.1 Å². The van der Waals surface area contributed by atoms with Crippen LogP contribution in [-0.4, -0.2) is 16.5 Å². The van der Waals surface area contributed by atoms with E-state index in [9.17, 15) is 0 Å². The molecule has 2 aromatic rings. The summed E-state index contributed by atoms with van der Waals surface area (Å²) in [4.78, 5) is 8.57. The Balaban J connectivity index is 1.91. The number of nitrogens with zero attached hydrogens (tertiary/aromatic N) is 2. The van der Waals surface area contributed by atoms with Crippen molar-refractivity contribution < 1.29 is 4.74 Å². The van der Waals surface area contributed by atoms with Crippen molar-refractivity contribution in [2.75, 3.05) is 11.9 Å². The van der Waals surface area contributed by atoms with E-state index < -0.39 is 0 Å². The van der Waals surface area contributed by atoms with Crippen molar-refractivity contribution in [3.63, 3.8) is 0 Å². The summed E-state index contributed by atoms with van der Waals surface area (Å²) in [7, 11) is 0. The summed E-state index contributed by atoms with van der Waals surface area (Å²) < 4.78 is 5.70. The number of aromatic nitrogens is 2. The predicted octanol–water partition coefficient (Wildman–Crippen LogP) is 3.61. The van der Waals surface area contributed by atoms with E-state index in [1.54, 1.807) is 12.4 Å². The van der Waals surface area contributed by atoms with Gasteiger partial charge in [0.05, 0.1) is 18.1 Å². The lowest BCUT2D eigenvalue weighted by atomic mass is 10.0. The molecule has 0 saturated carbocycles. The van der Waals surface area contributed by atoms with Gasteiger partial charge in [-0.25, -0.2) is 4.98 Å². The second-order valence-corrected chi connectivity index (χ2v) is 4.94. The van der Waals surface area contributed by atoms with Crippen LogP contribution in [0.1, 0.15) is 37.9 Å². The number of hydrogen-bond acceptors (Lipinski definition) is 4. The summed E-state index contributed by atoms with van der Waals surface area (Å²) in [5.41, 5.74) is 2.13. The number of anilines is 1. The monoisotopic (exact) mass is 271 g/mol. The van der Waals surface area contributed by atoms with Gasteiger partial charge in [-0.1, -0.05) is 26.0 Å². The molecule has 0 amide bonds. The molecule has 0 unspecified atom stereocenters. The van der Waals surface area contributed by atoms with Crippen molar-refractivity contribution in [3.8, 4) is 5.75 Å². The second kappa shape index (κ2) is 6.89. The Morgan fingerprint density at radius 3 is 2.40 bits per heavy atom. The smallest absolute Gasteiger partial charge is 0.144 e. The maximum atomic E-state index is 5.70. The van der Waals surface area contributed by atoms with Gasteiger partial charge < -0.3 is 10.1 Å². The van der Waals surface area contributed by atoms with Gasteiger partial charge in [0, 0.05) is 6.54 Å². The van der Waals surface area contributed by atoms with Gasteiger partial charge in [0.25, 0.3) is 0 Å². The van der Waals surface area contributed by atoms with Gasteiger partial charge in [0.15, 0.2) is 0 Å². The largest absolute Gasteiger partial charge is 0.487 e. The van der Waals surface area contributed by atoms with Crippen molar-refractivity contribution in [2.45, 2.75) is 33.3 Å². The van der Waals surface area contributed by atoms with Crippen LogP contribution in [0.3, 0.4) is 0 Å². The predicted molar refractivity (Wildman–Crippen MR) is 81.1 cm³/mol. The highest BCUT2D eigenvalue weighted by molar-refractivity contribution is 5.31. The van der Waals surface area contributed by atoms with Gasteiger partial charge in [-0.2, -0.15) is 0 Å². The Bertz CT molecular complexity index is 520. The zero-order chi connectivity index (χ0) is 14.4. The molecule has 0 fully saturated rings. The van der Waals surface area contributed by atoms with E-state index in [1.807, 2.05) is 19.1 Å². The molecule has 4 nitrogen and oxygen atoms in total. The Labute approximate surface area is 120 Å². The molecule has 0 atom stereocenters. The van der Waals surface area contributed by atoms with Gasteiger partial charge in [-0.15, -0.1) is 0 Å². The summed E-state index contributed by atoms with van der Waals surface area (Å²) in [5.74, 6) is 2.18. The number of benzene rings is 1. The fourth-order valence-electron chi connectivity index (χ4n) is 1.81. The quantitative estimate of drug-likeness (QED) is 0.872. The maximum Gasteiger partial charge on any atom is 0.144 e. The summed E-state index contributed by atoms with van der Waals surface area (Å²) >= 11 is 0. The Hall–Kier alpha value is -2.10. The minimum atomic E-state index is 0.431. The standard InChI is InChI=1S/C16H21N3O/c1-4-17-16-10-18-14(9-19-16)11-20-15-7-5-13(6-8-15)12(2)3/h5-10,12H,4,11H2,1-3H3,(H,17,19). The number of rotatable bonds is 6. The molecular weight excluding hydrogens is 250 g/mol. The van der Waals surface area contributed by atoms with Gasteiger partial charge in [0.2, 0.25) is 0 Å². The Morgan fingerprint density at radius 1 is 1.10 bits per heavy atom. The zero-order valence-electron chi connectivity index (χ0n) is 12.3. The molecule has 0 spiro atoms. The third kappa shape index (κ3) is 3.95. The van der Waals surface area contributed by atoms with Crippen molar-refractivity contribution >= 4 is 5.82 Å². The minimum Gasteiger partial charge on any atom is -0.487 e.